The molecule has 2 heterocycles. The molecular weight excluding hydrogens is 188 g/mol. The predicted octanol–water partition coefficient (Wildman–Crippen LogP) is 0.871. The average molecular weight is 196 g/mol. The second-order valence-electron chi connectivity index (χ2n) is 2.67. The van der Waals surface area contributed by atoms with Crippen LogP contribution >= 0.6 is 12.2 Å². The maximum atomic E-state index is 11.0. The smallest absolute Gasteiger partial charge is 0.325 e. The third kappa shape index (κ3) is 1.29. The Morgan fingerprint density at radius 2 is 2.15 bits per heavy atom. The van der Waals surface area contributed by atoms with Crippen LogP contribution in [0.25, 0.3) is 11.2 Å². The highest BCUT2D eigenvalue weighted by atomic mass is 32.1. The summed E-state index contributed by atoms with van der Waals surface area (Å²) in [6, 6.07) is 0. The second-order valence-corrected chi connectivity index (χ2v) is 3.08. The molecular formula is C7H8N4OS. The van der Waals surface area contributed by atoms with Crippen molar-refractivity contribution in [3.8, 4) is 0 Å². The lowest BCUT2D eigenvalue weighted by Crippen LogP contribution is -2.09. The van der Waals surface area contributed by atoms with Crippen LogP contribution in [0.3, 0.4) is 0 Å². The molecule has 0 aromatic carbocycles. The number of fused-ring (bicyclic) bond motifs is 1. The maximum Gasteiger partial charge on any atom is 0.325 e. The molecule has 2 rings (SSSR count). The number of nitrogens with zero attached hydrogens (tertiary/aromatic N) is 1. The van der Waals surface area contributed by atoms with Crippen LogP contribution in [0.4, 0.5) is 0 Å². The zero-order valence-electron chi connectivity index (χ0n) is 6.97. The van der Waals surface area contributed by atoms with Gasteiger partial charge in [0.25, 0.3) is 0 Å². The molecule has 3 N–H and O–H groups in total. The van der Waals surface area contributed by atoms with Gasteiger partial charge in [-0.3, -0.25) is 9.97 Å². The Hall–Kier alpha value is -1.43. The van der Waals surface area contributed by atoms with Crippen LogP contribution < -0.4 is 5.69 Å². The summed E-state index contributed by atoms with van der Waals surface area (Å²) in [5.74, 6) is 0.816. The van der Waals surface area contributed by atoms with Crippen molar-refractivity contribution >= 4 is 23.4 Å². The molecule has 13 heavy (non-hydrogen) atoms. The Bertz CT molecular complexity index is 549. The lowest BCUT2D eigenvalue weighted by molar-refractivity contribution is 0.996. The van der Waals surface area contributed by atoms with Gasteiger partial charge in [-0.2, -0.15) is 0 Å². The fraction of sp³-hybridized carbons (Fsp3) is 0.286. The van der Waals surface area contributed by atoms with Crippen molar-refractivity contribution in [2.45, 2.75) is 13.3 Å². The van der Waals surface area contributed by atoms with Gasteiger partial charge >= 0.3 is 5.69 Å². The fourth-order valence-electron chi connectivity index (χ4n) is 1.15. The molecule has 0 atom stereocenters. The third-order valence-electron chi connectivity index (χ3n) is 1.77. The summed E-state index contributed by atoms with van der Waals surface area (Å²) < 4.78 is 0.394. The van der Waals surface area contributed by atoms with E-state index in [0.717, 1.165) is 12.2 Å². The second kappa shape index (κ2) is 2.81. The molecule has 0 fully saturated rings. The van der Waals surface area contributed by atoms with Crippen LogP contribution in [0.1, 0.15) is 12.7 Å². The van der Waals surface area contributed by atoms with Crippen molar-refractivity contribution in [1.29, 1.82) is 0 Å². The van der Waals surface area contributed by atoms with Crippen molar-refractivity contribution in [3.63, 3.8) is 0 Å². The van der Waals surface area contributed by atoms with Gasteiger partial charge in [0.1, 0.15) is 16.0 Å². The van der Waals surface area contributed by atoms with Gasteiger partial charge in [0.15, 0.2) is 5.65 Å². The van der Waals surface area contributed by atoms with Gasteiger partial charge in [0, 0.05) is 6.42 Å². The Morgan fingerprint density at radius 3 is 2.85 bits per heavy atom. The Labute approximate surface area is 78.2 Å². The van der Waals surface area contributed by atoms with Gasteiger partial charge in [-0.15, -0.1) is 0 Å². The van der Waals surface area contributed by atoms with E-state index in [9.17, 15) is 4.79 Å². The molecule has 0 amide bonds. The quantitative estimate of drug-likeness (QED) is 0.592. The summed E-state index contributed by atoms with van der Waals surface area (Å²) in [6.07, 6.45) is 0.783. The highest BCUT2D eigenvalue weighted by Gasteiger charge is 2.03. The molecule has 0 spiro atoms. The number of aromatic amines is 3. The standard InChI is InChI=1S/C7H8N4OS/c1-2-3-8-4-5(9-3)10-7(12)11-6(4)13/h2H2,1H3,(H3,8,9,10,11,12,13). The lowest BCUT2D eigenvalue weighted by atomic mass is 10.5. The topological polar surface area (TPSA) is 77.3 Å². The van der Waals surface area contributed by atoms with Crippen LogP contribution in [-0.4, -0.2) is 19.9 Å². The van der Waals surface area contributed by atoms with Crippen molar-refractivity contribution in [1.82, 2.24) is 19.9 Å². The molecule has 0 unspecified atom stereocenters. The van der Waals surface area contributed by atoms with Gasteiger partial charge in [0.2, 0.25) is 0 Å². The lowest BCUT2D eigenvalue weighted by Gasteiger charge is -1.85. The van der Waals surface area contributed by atoms with Crippen LogP contribution in [0, 0.1) is 4.64 Å². The average Bonchev–Trinajstić information content (AvgIpc) is 2.47. The molecule has 0 aliphatic heterocycles. The molecule has 0 aliphatic rings. The Morgan fingerprint density at radius 1 is 1.38 bits per heavy atom. The molecule has 68 valence electrons. The highest BCUT2D eigenvalue weighted by molar-refractivity contribution is 7.71. The van der Waals surface area contributed by atoms with E-state index in [1.54, 1.807) is 0 Å². The zero-order chi connectivity index (χ0) is 9.42. The van der Waals surface area contributed by atoms with E-state index in [1.807, 2.05) is 6.92 Å². The first-order chi connectivity index (χ1) is 6.20. The number of imidazole rings is 1. The van der Waals surface area contributed by atoms with Crippen molar-refractivity contribution in [2.24, 2.45) is 0 Å². The van der Waals surface area contributed by atoms with Crippen molar-refractivity contribution in [2.75, 3.05) is 0 Å². The summed E-state index contributed by atoms with van der Waals surface area (Å²) >= 11 is 4.96. The highest BCUT2D eigenvalue weighted by Crippen LogP contribution is 2.06. The maximum absolute atomic E-state index is 11.0. The molecule has 6 heteroatoms. The molecule has 0 radical (unpaired) electrons. The number of hydrogen-bond donors (Lipinski definition) is 3. The molecule has 0 aliphatic carbocycles. The summed E-state index contributed by atoms with van der Waals surface area (Å²) in [5, 5.41) is 0. The van der Waals surface area contributed by atoms with Gasteiger partial charge in [-0.1, -0.05) is 19.1 Å². The van der Waals surface area contributed by atoms with Gasteiger partial charge < -0.3 is 4.98 Å². The number of rotatable bonds is 1. The monoisotopic (exact) mass is 196 g/mol. The first kappa shape index (κ1) is 8.18. The Balaban J connectivity index is 2.91. The van der Waals surface area contributed by atoms with E-state index >= 15 is 0 Å². The number of H-pyrrole nitrogens is 3. The van der Waals surface area contributed by atoms with Gasteiger partial charge in [-0.25, -0.2) is 9.78 Å². The van der Waals surface area contributed by atoms with Crippen LogP contribution in [0.15, 0.2) is 4.79 Å². The zero-order valence-corrected chi connectivity index (χ0v) is 7.79. The summed E-state index contributed by atoms with van der Waals surface area (Å²) in [7, 11) is 0. The molecule has 0 saturated carbocycles. The molecule has 0 bridgehead atoms. The predicted molar refractivity (Wildman–Crippen MR) is 51.3 cm³/mol. The molecule has 2 aromatic rings. The molecule has 0 saturated heterocycles. The van der Waals surface area contributed by atoms with Gasteiger partial charge in [0.05, 0.1) is 0 Å². The normalized spacial score (nSPS) is 10.8. The summed E-state index contributed by atoms with van der Waals surface area (Å²) in [6.45, 7) is 1.97. The van der Waals surface area contributed by atoms with Crippen LogP contribution in [0.2, 0.25) is 0 Å². The van der Waals surface area contributed by atoms with E-state index in [1.165, 1.54) is 0 Å². The molecule has 2 aromatic heterocycles. The summed E-state index contributed by atoms with van der Waals surface area (Å²) in [5.41, 5.74) is 0.878. The number of aromatic nitrogens is 4. The van der Waals surface area contributed by atoms with E-state index < -0.39 is 0 Å². The third-order valence-corrected chi connectivity index (χ3v) is 2.08. The fourth-order valence-corrected chi connectivity index (χ4v) is 1.39. The summed E-state index contributed by atoms with van der Waals surface area (Å²) in [4.78, 5) is 23.2. The van der Waals surface area contributed by atoms with Crippen molar-refractivity contribution < 1.29 is 0 Å². The molecule has 5 nitrogen and oxygen atoms in total. The van der Waals surface area contributed by atoms with E-state index in [-0.39, 0.29) is 5.69 Å². The largest absolute Gasteiger partial charge is 0.338 e. The SMILES string of the molecule is CCc1nc2[nH]c(=O)[nH]c(=S)c2[nH]1. The first-order valence-electron chi connectivity index (χ1n) is 3.92. The van der Waals surface area contributed by atoms with E-state index in [4.69, 9.17) is 12.2 Å². The Kier molecular flexibility index (Phi) is 1.77. The number of hydrogen-bond acceptors (Lipinski definition) is 3. The number of nitrogens with one attached hydrogen (secondary N) is 3. The minimum Gasteiger partial charge on any atom is -0.338 e. The number of aryl methyl sites for hydroxylation is 1. The van der Waals surface area contributed by atoms with Crippen LogP contribution in [0.5, 0.6) is 0 Å². The van der Waals surface area contributed by atoms with Crippen molar-refractivity contribution in [3.05, 3.63) is 20.9 Å². The van der Waals surface area contributed by atoms with Crippen LogP contribution in [-0.2, 0) is 6.42 Å². The van der Waals surface area contributed by atoms with E-state index in [2.05, 4.69) is 19.9 Å². The first-order valence-corrected chi connectivity index (χ1v) is 4.32. The minimum atomic E-state index is -0.327. The van der Waals surface area contributed by atoms with Gasteiger partial charge in [-0.05, 0) is 0 Å². The van der Waals surface area contributed by atoms with E-state index in [0.29, 0.717) is 15.8 Å². The minimum absolute atomic E-state index is 0.327.